The molecule has 0 atom stereocenters. The molecule has 0 saturated heterocycles. The predicted molar refractivity (Wildman–Crippen MR) is 38.3 cm³/mol. The van der Waals surface area contributed by atoms with E-state index in [1.54, 1.807) is 0 Å². The van der Waals surface area contributed by atoms with E-state index in [1.165, 1.54) is 12.8 Å². The SMILES string of the molecule is NC1=NCCCC1.[H-].[H-].[Sr+2]. The van der Waals surface area contributed by atoms with Crippen molar-refractivity contribution in [2.75, 3.05) is 6.54 Å². The summed E-state index contributed by atoms with van der Waals surface area (Å²) in [7, 11) is 0. The van der Waals surface area contributed by atoms with Gasteiger partial charge in [0.05, 0.1) is 5.84 Å². The number of hydrogen-bond donors (Lipinski definition) is 1. The molecular weight excluding hydrogens is 176 g/mol. The van der Waals surface area contributed by atoms with Crippen LogP contribution >= 0.6 is 0 Å². The third-order valence-electron chi connectivity index (χ3n) is 1.16. The minimum atomic E-state index is 0. The van der Waals surface area contributed by atoms with Crippen molar-refractivity contribution >= 4 is 51.3 Å². The van der Waals surface area contributed by atoms with E-state index in [1.807, 2.05) is 0 Å². The van der Waals surface area contributed by atoms with Gasteiger partial charge in [-0.25, -0.2) is 0 Å². The molecule has 3 heteroatoms. The molecule has 0 saturated carbocycles. The van der Waals surface area contributed by atoms with Crippen molar-refractivity contribution in [3.05, 3.63) is 0 Å². The van der Waals surface area contributed by atoms with Gasteiger partial charge in [0, 0.05) is 13.0 Å². The van der Waals surface area contributed by atoms with Crippen molar-refractivity contribution in [1.29, 1.82) is 0 Å². The monoisotopic (exact) mass is 188 g/mol. The van der Waals surface area contributed by atoms with Crippen LogP contribution in [0.15, 0.2) is 4.99 Å². The van der Waals surface area contributed by atoms with Crippen LogP contribution in [0.2, 0.25) is 0 Å². The molecule has 2 nitrogen and oxygen atoms in total. The maximum Gasteiger partial charge on any atom is 2.00 e. The van der Waals surface area contributed by atoms with Crippen molar-refractivity contribution < 1.29 is 2.85 Å². The molecule has 0 aromatic carbocycles. The molecule has 1 aliphatic rings. The van der Waals surface area contributed by atoms with E-state index in [2.05, 4.69) is 4.99 Å². The zero-order chi connectivity index (χ0) is 5.11. The Hall–Kier alpha value is 0.951. The van der Waals surface area contributed by atoms with Gasteiger partial charge in [0.15, 0.2) is 0 Å². The van der Waals surface area contributed by atoms with Crippen molar-refractivity contribution in [3.63, 3.8) is 0 Å². The van der Waals surface area contributed by atoms with Gasteiger partial charge in [0.25, 0.3) is 0 Å². The Kier molecular flexibility index (Phi) is 5.36. The van der Waals surface area contributed by atoms with Crippen LogP contribution in [0.25, 0.3) is 0 Å². The quantitative estimate of drug-likeness (QED) is 0.547. The van der Waals surface area contributed by atoms with Crippen molar-refractivity contribution in [2.45, 2.75) is 19.3 Å². The van der Waals surface area contributed by atoms with Crippen molar-refractivity contribution in [2.24, 2.45) is 10.7 Å². The molecule has 8 heavy (non-hydrogen) atoms. The fourth-order valence-corrected chi connectivity index (χ4v) is 0.720. The minimum absolute atomic E-state index is 0. The third kappa shape index (κ3) is 3.07. The van der Waals surface area contributed by atoms with Gasteiger partial charge in [-0.15, -0.1) is 0 Å². The predicted octanol–water partition coefficient (Wildman–Crippen LogP) is 0.372. The van der Waals surface area contributed by atoms with Crippen LogP contribution in [-0.2, 0) is 0 Å². The Bertz CT molecular complexity index is 97.6. The van der Waals surface area contributed by atoms with Gasteiger partial charge in [-0.05, 0) is 12.8 Å². The molecule has 0 fully saturated rings. The Balaban J connectivity index is -0.000000163. The summed E-state index contributed by atoms with van der Waals surface area (Å²) >= 11 is 0. The molecule has 2 N–H and O–H groups in total. The molecule has 1 aliphatic heterocycles. The second-order valence-electron chi connectivity index (χ2n) is 1.83. The summed E-state index contributed by atoms with van der Waals surface area (Å²) in [5.74, 6) is 0.839. The number of amidine groups is 1. The number of nitrogens with zero attached hydrogens (tertiary/aromatic N) is 1. The Morgan fingerprint density at radius 1 is 1.50 bits per heavy atom. The van der Waals surface area contributed by atoms with Crippen LogP contribution in [0.4, 0.5) is 0 Å². The van der Waals surface area contributed by atoms with Gasteiger partial charge in [-0.2, -0.15) is 0 Å². The van der Waals surface area contributed by atoms with Crippen LogP contribution < -0.4 is 5.73 Å². The van der Waals surface area contributed by atoms with E-state index < -0.39 is 0 Å². The molecule has 1 heterocycles. The van der Waals surface area contributed by atoms with Crippen LogP contribution in [0.5, 0.6) is 0 Å². The summed E-state index contributed by atoms with van der Waals surface area (Å²) in [6.07, 6.45) is 3.47. The fraction of sp³-hybridized carbons (Fsp3) is 0.800. The molecule has 0 aromatic heterocycles. The molecule has 0 amide bonds. The van der Waals surface area contributed by atoms with Gasteiger partial charge in [-0.1, -0.05) is 0 Å². The van der Waals surface area contributed by atoms with Gasteiger partial charge >= 0.3 is 45.5 Å². The van der Waals surface area contributed by atoms with Crippen LogP contribution in [0, 0.1) is 0 Å². The molecular formula is C5H12N2Sr. The summed E-state index contributed by atoms with van der Waals surface area (Å²) in [5, 5.41) is 0. The largest absolute Gasteiger partial charge is 2.00 e. The molecule has 44 valence electrons. The Labute approximate surface area is 89.8 Å². The molecule has 0 unspecified atom stereocenters. The second-order valence-corrected chi connectivity index (χ2v) is 1.83. The third-order valence-corrected chi connectivity index (χ3v) is 1.16. The number of aliphatic imine (C=N–C) groups is 1. The Morgan fingerprint density at radius 2 is 2.25 bits per heavy atom. The van der Waals surface area contributed by atoms with Gasteiger partial charge < -0.3 is 8.59 Å². The van der Waals surface area contributed by atoms with Crippen LogP contribution in [0.3, 0.4) is 0 Å². The molecule has 0 aromatic rings. The van der Waals surface area contributed by atoms with E-state index in [0.29, 0.717) is 0 Å². The topological polar surface area (TPSA) is 38.4 Å². The molecule has 1 rings (SSSR count). The standard InChI is InChI=1S/C5H10N2.Sr.2H/c6-5-3-1-2-4-7-5;;;/h1-4H2,(H2,6,7);;;/q;+2;2*-1. The maximum absolute atomic E-state index is 5.38. The van der Waals surface area contributed by atoms with E-state index in [-0.39, 0.29) is 48.3 Å². The molecule has 0 spiro atoms. The average Bonchev–Trinajstić information content (AvgIpc) is 1.69. The summed E-state index contributed by atoms with van der Waals surface area (Å²) in [5.41, 5.74) is 5.38. The van der Waals surface area contributed by atoms with E-state index in [9.17, 15) is 0 Å². The van der Waals surface area contributed by atoms with Gasteiger partial charge in [0.2, 0.25) is 0 Å². The number of rotatable bonds is 0. The van der Waals surface area contributed by atoms with Gasteiger partial charge in [0.1, 0.15) is 0 Å². The summed E-state index contributed by atoms with van der Waals surface area (Å²) in [4.78, 5) is 4.02. The first kappa shape index (κ1) is 8.95. The van der Waals surface area contributed by atoms with Crippen molar-refractivity contribution in [1.82, 2.24) is 0 Å². The number of nitrogens with two attached hydrogens (primary N) is 1. The molecule has 0 aliphatic carbocycles. The fourth-order valence-electron chi connectivity index (χ4n) is 0.720. The van der Waals surface area contributed by atoms with E-state index >= 15 is 0 Å². The van der Waals surface area contributed by atoms with Crippen LogP contribution in [0.1, 0.15) is 22.1 Å². The molecule has 0 bridgehead atoms. The van der Waals surface area contributed by atoms with E-state index in [0.717, 1.165) is 18.8 Å². The maximum atomic E-state index is 5.38. The smallest absolute Gasteiger partial charge is 1.00 e. The van der Waals surface area contributed by atoms with Crippen LogP contribution in [-0.4, -0.2) is 57.9 Å². The number of hydrogen-bond acceptors (Lipinski definition) is 2. The second kappa shape index (κ2) is 4.79. The summed E-state index contributed by atoms with van der Waals surface area (Å²) in [6, 6.07) is 0. The van der Waals surface area contributed by atoms with E-state index in [4.69, 9.17) is 5.73 Å². The zero-order valence-corrected chi connectivity index (χ0v) is 8.54. The first-order chi connectivity index (χ1) is 3.39. The zero-order valence-electron chi connectivity index (χ0n) is 7.06. The molecule has 0 radical (unpaired) electrons. The average molecular weight is 188 g/mol. The first-order valence-corrected chi connectivity index (χ1v) is 2.68. The minimum Gasteiger partial charge on any atom is -1.00 e. The Morgan fingerprint density at radius 3 is 2.50 bits per heavy atom. The van der Waals surface area contributed by atoms with Gasteiger partial charge in [-0.3, -0.25) is 4.99 Å². The normalized spacial score (nSPS) is 18.8. The first-order valence-electron chi connectivity index (χ1n) is 2.68. The summed E-state index contributed by atoms with van der Waals surface area (Å²) < 4.78 is 0. The van der Waals surface area contributed by atoms with Crippen molar-refractivity contribution in [3.8, 4) is 0 Å². The summed E-state index contributed by atoms with van der Waals surface area (Å²) in [6.45, 7) is 0.950.